The molecule has 2 N–H and O–H groups in total. The van der Waals surface area contributed by atoms with E-state index in [1.165, 1.54) is 0 Å². The molecule has 0 unspecified atom stereocenters. The van der Waals surface area contributed by atoms with Crippen LogP contribution in [0.2, 0.25) is 0 Å². The average Bonchev–Trinajstić information content (AvgIpc) is 2.98. The van der Waals surface area contributed by atoms with Gasteiger partial charge in [-0.2, -0.15) is 0 Å². The molecule has 6 nitrogen and oxygen atoms in total. The van der Waals surface area contributed by atoms with Crippen molar-refractivity contribution in [3.05, 3.63) is 28.5 Å². The smallest absolute Gasteiger partial charge is 0.0964 e. The Labute approximate surface area is 103 Å². The van der Waals surface area contributed by atoms with E-state index < -0.39 is 0 Å². The first-order valence-corrected chi connectivity index (χ1v) is 6.40. The molecule has 17 heavy (non-hydrogen) atoms. The second kappa shape index (κ2) is 6.43. The summed E-state index contributed by atoms with van der Waals surface area (Å²) in [6.07, 6.45) is 2.60. The van der Waals surface area contributed by atoms with Crippen LogP contribution in [0.25, 0.3) is 0 Å². The number of nitrogens with zero attached hydrogens (tertiary/aromatic N) is 4. The Bertz CT molecular complexity index is 428. The molecule has 0 aromatic carbocycles. The summed E-state index contributed by atoms with van der Waals surface area (Å²) in [6.45, 7) is 2.30. The third-order valence-electron chi connectivity index (χ3n) is 2.23. The number of nitrogens with one attached hydrogen (secondary N) is 1. The quantitative estimate of drug-likeness (QED) is 0.747. The Morgan fingerprint density at radius 3 is 3.00 bits per heavy atom. The van der Waals surface area contributed by atoms with Gasteiger partial charge in [-0.1, -0.05) is 5.21 Å². The number of hydrogen-bond acceptors (Lipinski definition) is 6. The monoisotopic (exact) mass is 253 g/mol. The number of aryl methyl sites for hydroxylation is 1. The van der Waals surface area contributed by atoms with Crippen molar-refractivity contribution >= 4 is 11.3 Å². The number of thiazole rings is 1. The van der Waals surface area contributed by atoms with E-state index in [0.29, 0.717) is 19.5 Å². The van der Waals surface area contributed by atoms with E-state index in [2.05, 4.69) is 20.6 Å². The highest BCUT2D eigenvalue weighted by atomic mass is 32.1. The Morgan fingerprint density at radius 1 is 1.35 bits per heavy atom. The maximum Gasteiger partial charge on any atom is 0.0964 e. The van der Waals surface area contributed by atoms with Crippen LogP contribution in [0.5, 0.6) is 0 Å². The molecule has 2 aromatic heterocycles. The molecule has 2 aromatic rings. The maximum atomic E-state index is 8.70. The molecule has 0 aliphatic heterocycles. The Kier molecular flexibility index (Phi) is 4.60. The molecule has 0 aliphatic carbocycles. The van der Waals surface area contributed by atoms with Crippen molar-refractivity contribution < 1.29 is 5.11 Å². The van der Waals surface area contributed by atoms with Crippen LogP contribution >= 0.6 is 11.3 Å². The van der Waals surface area contributed by atoms with E-state index in [4.69, 9.17) is 5.11 Å². The summed E-state index contributed by atoms with van der Waals surface area (Å²) in [7, 11) is 0. The largest absolute Gasteiger partial charge is 0.396 e. The molecule has 7 heteroatoms. The lowest BCUT2D eigenvalue weighted by Gasteiger charge is -1.98. The first-order valence-electron chi connectivity index (χ1n) is 5.46. The molecule has 0 radical (unpaired) electrons. The first-order chi connectivity index (χ1) is 8.38. The van der Waals surface area contributed by atoms with E-state index in [9.17, 15) is 0 Å². The van der Waals surface area contributed by atoms with Gasteiger partial charge in [-0.15, -0.1) is 16.4 Å². The van der Waals surface area contributed by atoms with Gasteiger partial charge in [0.05, 0.1) is 16.9 Å². The molecule has 2 heterocycles. The van der Waals surface area contributed by atoms with Crippen LogP contribution in [0.3, 0.4) is 0 Å². The molecular weight excluding hydrogens is 238 g/mol. The Balaban J connectivity index is 1.73. The lowest BCUT2D eigenvalue weighted by Crippen LogP contribution is -2.13. The van der Waals surface area contributed by atoms with Gasteiger partial charge in [0.1, 0.15) is 0 Å². The molecule has 2 rings (SSSR count). The van der Waals surface area contributed by atoms with Crippen LogP contribution in [-0.4, -0.2) is 31.7 Å². The highest BCUT2D eigenvalue weighted by Crippen LogP contribution is 2.00. The van der Waals surface area contributed by atoms with Gasteiger partial charge in [-0.3, -0.25) is 4.68 Å². The van der Waals surface area contributed by atoms with Crippen LogP contribution in [0.15, 0.2) is 17.1 Å². The summed E-state index contributed by atoms with van der Waals surface area (Å²) in [5.41, 5.74) is 3.77. The SMILES string of the molecule is OCCCn1cc(CNCc2cscn2)nn1. The van der Waals surface area contributed by atoms with Crippen LogP contribution in [0.1, 0.15) is 17.8 Å². The van der Waals surface area contributed by atoms with Gasteiger partial charge < -0.3 is 10.4 Å². The molecule has 92 valence electrons. The first kappa shape index (κ1) is 12.2. The molecule has 0 bridgehead atoms. The minimum Gasteiger partial charge on any atom is -0.396 e. The highest BCUT2D eigenvalue weighted by molar-refractivity contribution is 7.07. The fourth-order valence-corrected chi connectivity index (χ4v) is 1.96. The van der Waals surface area contributed by atoms with Gasteiger partial charge in [-0.25, -0.2) is 4.98 Å². The van der Waals surface area contributed by atoms with E-state index in [1.807, 2.05) is 17.1 Å². The molecule has 0 aliphatic rings. The minimum absolute atomic E-state index is 0.178. The van der Waals surface area contributed by atoms with Gasteiger partial charge in [0.15, 0.2) is 0 Å². The van der Waals surface area contributed by atoms with Gasteiger partial charge in [-0.05, 0) is 6.42 Å². The lowest BCUT2D eigenvalue weighted by molar-refractivity contribution is 0.276. The van der Waals surface area contributed by atoms with Crippen molar-refractivity contribution in [3.8, 4) is 0 Å². The third-order valence-corrected chi connectivity index (χ3v) is 2.86. The fourth-order valence-electron chi connectivity index (χ4n) is 1.40. The summed E-state index contributed by atoms with van der Waals surface area (Å²) >= 11 is 1.59. The molecule has 0 saturated heterocycles. The standard InChI is InChI=1S/C10H15N5OS/c16-3-1-2-15-6-9(13-14-15)4-11-5-10-7-17-8-12-10/h6-8,11,16H,1-5H2. The number of aromatic nitrogens is 4. The topological polar surface area (TPSA) is 75.9 Å². The van der Waals surface area contributed by atoms with E-state index in [-0.39, 0.29) is 6.61 Å². The Hall–Kier alpha value is -1.31. The molecule has 0 amide bonds. The summed E-state index contributed by atoms with van der Waals surface area (Å²) in [6, 6.07) is 0. The van der Waals surface area contributed by atoms with Crippen molar-refractivity contribution in [2.45, 2.75) is 26.1 Å². The maximum absolute atomic E-state index is 8.70. The van der Waals surface area contributed by atoms with Crippen LogP contribution in [0, 0.1) is 0 Å². The second-order valence-corrected chi connectivity index (χ2v) is 4.35. The Morgan fingerprint density at radius 2 is 2.24 bits per heavy atom. The van der Waals surface area contributed by atoms with Crippen molar-refractivity contribution in [2.24, 2.45) is 0 Å². The number of hydrogen-bond donors (Lipinski definition) is 2. The van der Waals surface area contributed by atoms with Gasteiger partial charge in [0.2, 0.25) is 0 Å². The zero-order chi connectivity index (χ0) is 11.9. The zero-order valence-electron chi connectivity index (χ0n) is 9.41. The molecule has 0 atom stereocenters. The normalized spacial score (nSPS) is 10.9. The van der Waals surface area contributed by atoms with E-state index >= 15 is 0 Å². The van der Waals surface area contributed by atoms with Crippen LogP contribution in [0.4, 0.5) is 0 Å². The van der Waals surface area contributed by atoms with Crippen molar-refractivity contribution in [2.75, 3.05) is 6.61 Å². The second-order valence-electron chi connectivity index (χ2n) is 3.63. The van der Waals surface area contributed by atoms with Gasteiger partial charge in [0.25, 0.3) is 0 Å². The van der Waals surface area contributed by atoms with Crippen molar-refractivity contribution in [1.29, 1.82) is 0 Å². The summed E-state index contributed by atoms with van der Waals surface area (Å²) < 4.78 is 1.75. The van der Waals surface area contributed by atoms with Crippen molar-refractivity contribution in [3.63, 3.8) is 0 Å². The molecular formula is C10H15N5OS. The summed E-state index contributed by atoms with van der Waals surface area (Å²) in [5, 5.41) is 22.0. The number of aliphatic hydroxyl groups is 1. The number of aliphatic hydroxyl groups excluding tert-OH is 1. The predicted molar refractivity (Wildman–Crippen MR) is 64.4 cm³/mol. The van der Waals surface area contributed by atoms with Crippen molar-refractivity contribution in [1.82, 2.24) is 25.3 Å². The lowest BCUT2D eigenvalue weighted by atomic mass is 10.4. The van der Waals surface area contributed by atoms with Crippen LogP contribution < -0.4 is 5.32 Å². The molecule has 0 spiro atoms. The molecule has 0 saturated carbocycles. The average molecular weight is 253 g/mol. The van der Waals surface area contributed by atoms with E-state index in [0.717, 1.165) is 17.9 Å². The highest BCUT2D eigenvalue weighted by Gasteiger charge is 2.00. The fraction of sp³-hybridized carbons (Fsp3) is 0.500. The zero-order valence-corrected chi connectivity index (χ0v) is 10.2. The summed E-state index contributed by atoms with van der Waals surface area (Å²) in [4.78, 5) is 4.18. The minimum atomic E-state index is 0.178. The van der Waals surface area contributed by atoms with E-state index in [1.54, 1.807) is 16.0 Å². The predicted octanol–water partition coefficient (Wildman–Crippen LogP) is 0.407. The molecule has 0 fully saturated rings. The third kappa shape index (κ3) is 3.88. The van der Waals surface area contributed by atoms with Gasteiger partial charge >= 0.3 is 0 Å². The van der Waals surface area contributed by atoms with Crippen LogP contribution in [-0.2, 0) is 19.6 Å². The number of rotatable bonds is 7. The summed E-state index contributed by atoms with van der Waals surface area (Å²) in [5.74, 6) is 0. The van der Waals surface area contributed by atoms with Gasteiger partial charge in [0, 0.05) is 37.8 Å².